The number of H-pyrrole nitrogens is 1. The average Bonchev–Trinajstić information content (AvgIpc) is 3.29. The van der Waals surface area contributed by atoms with Crippen LogP contribution in [0.25, 0.3) is 22.7 Å². The van der Waals surface area contributed by atoms with Gasteiger partial charge in [-0.15, -0.1) is 0 Å². The van der Waals surface area contributed by atoms with Crippen molar-refractivity contribution >= 4 is 39.9 Å². The van der Waals surface area contributed by atoms with Gasteiger partial charge in [-0.2, -0.15) is 11.3 Å². The van der Waals surface area contributed by atoms with Crippen LogP contribution < -0.4 is 0 Å². The Labute approximate surface area is 143 Å². The summed E-state index contributed by atoms with van der Waals surface area (Å²) in [7, 11) is 0. The van der Waals surface area contributed by atoms with E-state index in [1.807, 2.05) is 52.1 Å². The van der Waals surface area contributed by atoms with Crippen LogP contribution in [0.2, 0.25) is 0 Å². The van der Waals surface area contributed by atoms with E-state index in [1.165, 1.54) is 0 Å². The third kappa shape index (κ3) is 2.98. The summed E-state index contributed by atoms with van der Waals surface area (Å²) in [5, 5.41) is 4.02. The Balaban J connectivity index is 1.76. The van der Waals surface area contributed by atoms with Gasteiger partial charge in [-0.25, -0.2) is 4.98 Å². The first-order valence-electron chi connectivity index (χ1n) is 7.87. The third-order valence-electron chi connectivity index (χ3n) is 4.03. The second-order valence-corrected chi connectivity index (χ2v) is 6.40. The van der Waals surface area contributed by atoms with E-state index < -0.39 is 0 Å². The first-order chi connectivity index (χ1) is 11.8. The fraction of sp³-hybridized carbons (Fsp3) is 0.222. The van der Waals surface area contributed by atoms with Crippen LogP contribution in [0.1, 0.15) is 11.4 Å². The number of thiophene rings is 1. The minimum Gasteiger partial charge on any atom is -0.378 e. The molecule has 1 amide bonds. The van der Waals surface area contributed by atoms with E-state index in [0.29, 0.717) is 37.7 Å². The number of hydrogen-bond donors (Lipinski definition) is 1. The fourth-order valence-electron chi connectivity index (χ4n) is 2.77. The zero-order valence-corrected chi connectivity index (χ0v) is 13.9. The number of morpholine rings is 1. The van der Waals surface area contributed by atoms with Gasteiger partial charge in [-0.05, 0) is 40.6 Å². The van der Waals surface area contributed by atoms with Gasteiger partial charge in [0.1, 0.15) is 5.82 Å². The van der Waals surface area contributed by atoms with E-state index >= 15 is 0 Å². The number of aromatic nitrogens is 2. The van der Waals surface area contributed by atoms with Gasteiger partial charge in [0.15, 0.2) is 0 Å². The summed E-state index contributed by atoms with van der Waals surface area (Å²) in [6, 6.07) is 9.80. The number of hydrogen-bond acceptors (Lipinski definition) is 4. The first-order valence-corrected chi connectivity index (χ1v) is 8.81. The zero-order chi connectivity index (χ0) is 16.4. The molecule has 1 saturated heterocycles. The smallest absolute Gasteiger partial charge is 0.257 e. The van der Waals surface area contributed by atoms with Gasteiger partial charge >= 0.3 is 0 Å². The van der Waals surface area contributed by atoms with Crippen LogP contribution in [0.5, 0.6) is 0 Å². The van der Waals surface area contributed by atoms with Crippen LogP contribution in [-0.2, 0) is 9.53 Å². The lowest BCUT2D eigenvalue weighted by Crippen LogP contribution is -2.41. The summed E-state index contributed by atoms with van der Waals surface area (Å²) in [6.45, 7) is 2.38. The molecule has 5 nitrogen and oxygen atoms in total. The molecule has 0 bridgehead atoms. The molecule has 0 atom stereocenters. The van der Waals surface area contributed by atoms with Crippen LogP contribution in [0.15, 0.2) is 41.1 Å². The van der Waals surface area contributed by atoms with E-state index in [9.17, 15) is 4.79 Å². The summed E-state index contributed by atoms with van der Waals surface area (Å²) in [6.07, 6.45) is 1.91. The summed E-state index contributed by atoms with van der Waals surface area (Å²) in [5.74, 6) is 0.599. The Morgan fingerprint density at radius 3 is 2.83 bits per heavy atom. The second-order valence-electron chi connectivity index (χ2n) is 5.62. The predicted octanol–water partition coefficient (Wildman–Crippen LogP) is 3.02. The Morgan fingerprint density at radius 2 is 2.08 bits per heavy atom. The molecule has 1 aliphatic heterocycles. The van der Waals surface area contributed by atoms with Gasteiger partial charge in [0, 0.05) is 13.1 Å². The van der Waals surface area contributed by atoms with Gasteiger partial charge < -0.3 is 14.6 Å². The third-order valence-corrected chi connectivity index (χ3v) is 4.73. The fourth-order valence-corrected chi connectivity index (χ4v) is 3.39. The van der Waals surface area contributed by atoms with E-state index in [4.69, 9.17) is 4.74 Å². The number of ether oxygens (including phenoxy) is 1. The number of imidazole rings is 1. The molecular weight excluding hydrogens is 322 g/mol. The van der Waals surface area contributed by atoms with Crippen molar-refractivity contribution in [2.45, 2.75) is 0 Å². The van der Waals surface area contributed by atoms with Crippen molar-refractivity contribution in [2.24, 2.45) is 0 Å². The monoisotopic (exact) mass is 339 g/mol. The molecule has 0 unspecified atom stereocenters. The maximum atomic E-state index is 13.0. The number of carbonyl (C=O) groups excluding carboxylic acids is 1. The Morgan fingerprint density at radius 1 is 1.25 bits per heavy atom. The van der Waals surface area contributed by atoms with Crippen LogP contribution in [0.4, 0.5) is 0 Å². The zero-order valence-electron chi connectivity index (χ0n) is 13.1. The highest BCUT2D eigenvalue weighted by molar-refractivity contribution is 7.08. The number of carbonyl (C=O) groups is 1. The highest BCUT2D eigenvalue weighted by atomic mass is 32.1. The quantitative estimate of drug-likeness (QED) is 0.746. The van der Waals surface area contributed by atoms with Crippen LogP contribution >= 0.6 is 11.3 Å². The molecule has 0 aliphatic carbocycles. The number of nitrogens with zero attached hydrogens (tertiary/aromatic N) is 2. The van der Waals surface area contributed by atoms with Crippen molar-refractivity contribution in [3.8, 4) is 0 Å². The van der Waals surface area contributed by atoms with Gasteiger partial charge in [0.2, 0.25) is 0 Å². The predicted molar refractivity (Wildman–Crippen MR) is 95.7 cm³/mol. The molecular formula is C18H17N3O2S. The van der Waals surface area contributed by atoms with Crippen molar-refractivity contribution in [2.75, 3.05) is 26.3 Å². The molecule has 6 heteroatoms. The maximum absolute atomic E-state index is 13.0. The Kier molecular flexibility index (Phi) is 4.15. The van der Waals surface area contributed by atoms with Gasteiger partial charge in [-0.3, -0.25) is 4.79 Å². The molecule has 1 aliphatic rings. The lowest BCUT2D eigenvalue weighted by atomic mass is 10.1. The number of rotatable bonds is 3. The SMILES string of the molecule is O=C(/C(=C/c1ccsc1)c1nc2ccccc2[nH]1)N1CCOCC1. The molecule has 2 aromatic heterocycles. The first kappa shape index (κ1) is 15.1. The molecule has 1 fully saturated rings. The molecule has 1 aromatic carbocycles. The molecule has 1 N–H and O–H groups in total. The standard InChI is InChI=1S/C18H17N3O2S/c22-18(21-6-8-23-9-7-21)14(11-13-5-10-24-12-13)17-19-15-3-1-2-4-16(15)20-17/h1-5,10-12H,6-9H2,(H,19,20)/b14-11+. The van der Waals surface area contributed by atoms with Gasteiger partial charge in [0.25, 0.3) is 5.91 Å². The molecule has 3 aromatic rings. The summed E-state index contributed by atoms with van der Waals surface area (Å²) < 4.78 is 5.35. The highest BCUT2D eigenvalue weighted by Crippen LogP contribution is 2.23. The second kappa shape index (κ2) is 6.59. The van der Waals surface area contributed by atoms with Gasteiger partial charge in [0.05, 0.1) is 29.8 Å². The number of nitrogens with one attached hydrogen (secondary N) is 1. The number of amides is 1. The molecule has 0 spiro atoms. The number of fused-ring (bicyclic) bond motifs is 1. The average molecular weight is 339 g/mol. The van der Waals surface area contributed by atoms with Crippen molar-refractivity contribution in [1.29, 1.82) is 0 Å². The van der Waals surface area contributed by atoms with Crippen molar-refractivity contribution < 1.29 is 9.53 Å². The minimum absolute atomic E-state index is 0.0106. The van der Waals surface area contributed by atoms with Crippen LogP contribution in [-0.4, -0.2) is 47.1 Å². The summed E-state index contributed by atoms with van der Waals surface area (Å²) in [4.78, 5) is 22.8. The largest absolute Gasteiger partial charge is 0.378 e. The van der Waals surface area contributed by atoms with Crippen molar-refractivity contribution in [3.05, 3.63) is 52.5 Å². The van der Waals surface area contributed by atoms with E-state index in [2.05, 4.69) is 9.97 Å². The molecule has 4 rings (SSSR count). The summed E-state index contributed by atoms with van der Waals surface area (Å²) >= 11 is 1.61. The van der Waals surface area contributed by atoms with Crippen molar-refractivity contribution in [1.82, 2.24) is 14.9 Å². The normalized spacial score (nSPS) is 15.8. The molecule has 122 valence electrons. The summed E-state index contributed by atoms with van der Waals surface area (Å²) in [5.41, 5.74) is 3.39. The maximum Gasteiger partial charge on any atom is 0.257 e. The topological polar surface area (TPSA) is 58.2 Å². The highest BCUT2D eigenvalue weighted by Gasteiger charge is 2.24. The number of aromatic amines is 1. The molecule has 3 heterocycles. The molecule has 24 heavy (non-hydrogen) atoms. The molecule has 0 radical (unpaired) electrons. The number of benzene rings is 1. The Hall–Kier alpha value is -2.44. The van der Waals surface area contributed by atoms with Crippen LogP contribution in [0, 0.1) is 0 Å². The minimum atomic E-state index is -0.0106. The van der Waals surface area contributed by atoms with Crippen LogP contribution in [0.3, 0.4) is 0 Å². The van der Waals surface area contributed by atoms with Crippen molar-refractivity contribution in [3.63, 3.8) is 0 Å². The van der Waals surface area contributed by atoms with E-state index in [-0.39, 0.29) is 5.91 Å². The molecule has 0 saturated carbocycles. The number of para-hydroxylation sites is 2. The Bertz CT molecular complexity index is 844. The van der Waals surface area contributed by atoms with E-state index in [1.54, 1.807) is 11.3 Å². The lowest BCUT2D eigenvalue weighted by Gasteiger charge is -2.27. The van der Waals surface area contributed by atoms with Gasteiger partial charge in [-0.1, -0.05) is 12.1 Å². The van der Waals surface area contributed by atoms with E-state index in [0.717, 1.165) is 16.6 Å². The lowest BCUT2D eigenvalue weighted by molar-refractivity contribution is -0.128.